The van der Waals surface area contributed by atoms with Crippen molar-refractivity contribution in [3.8, 4) is 17.1 Å². The number of rotatable bonds is 7. The highest BCUT2D eigenvalue weighted by Gasteiger charge is 2.17. The molecule has 112 valence electrons. The first-order valence-electron chi connectivity index (χ1n) is 7.23. The molecular weight excluding hydrogens is 270 g/mol. The van der Waals surface area contributed by atoms with E-state index in [0.29, 0.717) is 31.3 Å². The monoisotopic (exact) mass is 289 g/mol. The third-order valence-corrected chi connectivity index (χ3v) is 3.52. The van der Waals surface area contributed by atoms with Gasteiger partial charge >= 0.3 is 0 Å². The van der Waals surface area contributed by atoms with Crippen LogP contribution in [0, 0.1) is 0 Å². The molecule has 0 radical (unpaired) electrons. The van der Waals surface area contributed by atoms with Gasteiger partial charge in [0, 0.05) is 30.5 Å². The van der Waals surface area contributed by atoms with Crippen LogP contribution in [0.3, 0.4) is 0 Å². The lowest BCUT2D eigenvalue weighted by Gasteiger charge is -2.27. The van der Waals surface area contributed by atoms with Gasteiger partial charge in [-0.1, -0.05) is 5.16 Å². The van der Waals surface area contributed by atoms with Crippen LogP contribution < -0.4 is 10.1 Å². The van der Waals surface area contributed by atoms with E-state index < -0.39 is 0 Å². The Morgan fingerprint density at radius 3 is 3.05 bits per heavy atom. The third-order valence-electron chi connectivity index (χ3n) is 3.52. The van der Waals surface area contributed by atoms with Crippen molar-refractivity contribution in [1.29, 1.82) is 0 Å². The molecule has 1 unspecified atom stereocenters. The van der Waals surface area contributed by atoms with Crippen molar-refractivity contribution in [3.05, 3.63) is 30.2 Å². The average Bonchev–Trinajstić information content (AvgIpc) is 2.93. The van der Waals surface area contributed by atoms with Crippen LogP contribution >= 0.6 is 0 Å². The summed E-state index contributed by atoms with van der Waals surface area (Å²) in [5.41, 5.74) is 1.68. The number of hydrogen-bond acceptors (Lipinski definition) is 6. The van der Waals surface area contributed by atoms with Crippen molar-refractivity contribution < 1.29 is 14.4 Å². The quantitative estimate of drug-likeness (QED) is 0.802. The first-order chi connectivity index (χ1) is 10.3. The smallest absolute Gasteiger partial charge is 0.168 e. The Morgan fingerprint density at radius 1 is 1.38 bits per heavy atom. The molecule has 1 saturated heterocycles. The van der Waals surface area contributed by atoms with E-state index in [-0.39, 0.29) is 6.61 Å². The first kappa shape index (κ1) is 14.0. The number of nitrogens with one attached hydrogen (secondary N) is 1. The largest absolute Gasteiger partial charge is 0.490 e. The fourth-order valence-electron chi connectivity index (χ4n) is 2.15. The zero-order chi connectivity index (χ0) is 14.5. The van der Waals surface area contributed by atoms with E-state index in [0.717, 1.165) is 30.0 Å². The number of pyridine rings is 1. The van der Waals surface area contributed by atoms with E-state index in [1.807, 2.05) is 12.1 Å². The molecule has 2 aromatic heterocycles. The van der Waals surface area contributed by atoms with Crippen molar-refractivity contribution in [2.75, 3.05) is 19.8 Å². The molecule has 3 rings (SSSR count). The van der Waals surface area contributed by atoms with Gasteiger partial charge in [-0.25, -0.2) is 0 Å². The summed E-state index contributed by atoms with van der Waals surface area (Å²) < 4.78 is 11.0. The average molecular weight is 289 g/mol. The summed E-state index contributed by atoms with van der Waals surface area (Å²) in [6, 6.07) is 4.23. The van der Waals surface area contributed by atoms with Gasteiger partial charge in [0.05, 0.1) is 11.9 Å². The van der Waals surface area contributed by atoms with E-state index in [2.05, 4.69) is 15.5 Å². The first-order valence-corrected chi connectivity index (χ1v) is 7.23. The minimum Gasteiger partial charge on any atom is -0.490 e. The SMILES string of the molecule is OCCCc1cc(-c2cncc(OCC3CCN3)c2)on1. The molecule has 0 saturated carbocycles. The molecule has 0 bridgehead atoms. The van der Waals surface area contributed by atoms with Crippen LogP contribution in [0.2, 0.25) is 0 Å². The van der Waals surface area contributed by atoms with Crippen LogP contribution in [-0.2, 0) is 6.42 Å². The summed E-state index contributed by atoms with van der Waals surface area (Å²) in [5.74, 6) is 1.40. The van der Waals surface area contributed by atoms with Gasteiger partial charge in [0.1, 0.15) is 12.4 Å². The van der Waals surface area contributed by atoms with Gasteiger partial charge in [-0.05, 0) is 31.9 Å². The van der Waals surface area contributed by atoms with E-state index >= 15 is 0 Å². The van der Waals surface area contributed by atoms with E-state index in [4.69, 9.17) is 14.4 Å². The number of aromatic nitrogens is 2. The molecule has 1 aliphatic rings. The molecule has 0 amide bonds. The highest BCUT2D eigenvalue weighted by atomic mass is 16.5. The zero-order valence-corrected chi connectivity index (χ0v) is 11.8. The molecule has 6 heteroatoms. The number of aryl methyl sites for hydroxylation is 1. The van der Waals surface area contributed by atoms with E-state index in [1.165, 1.54) is 0 Å². The number of aliphatic hydroxyl groups is 1. The predicted molar refractivity (Wildman–Crippen MR) is 77.0 cm³/mol. The molecule has 1 fully saturated rings. The minimum atomic E-state index is 0.155. The van der Waals surface area contributed by atoms with E-state index in [1.54, 1.807) is 12.4 Å². The molecule has 1 aliphatic heterocycles. The molecule has 0 spiro atoms. The highest BCUT2D eigenvalue weighted by Crippen LogP contribution is 2.24. The number of aliphatic hydroxyl groups excluding tert-OH is 1. The van der Waals surface area contributed by atoms with Gasteiger partial charge in [-0.2, -0.15) is 0 Å². The summed E-state index contributed by atoms with van der Waals surface area (Å²) in [6.07, 6.45) is 5.97. The highest BCUT2D eigenvalue weighted by molar-refractivity contribution is 5.57. The third kappa shape index (κ3) is 3.59. The van der Waals surface area contributed by atoms with Gasteiger partial charge in [-0.15, -0.1) is 0 Å². The molecule has 3 heterocycles. The Balaban J connectivity index is 1.65. The van der Waals surface area contributed by atoms with Crippen LogP contribution in [0.5, 0.6) is 5.75 Å². The second kappa shape index (κ2) is 6.69. The topological polar surface area (TPSA) is 80.4 Å². The normalized spacial score (nSPS) is 17.5. The summed E-state index contributed by atoms with van der Waals surface area (Å²) in [6.45, 7) is 1.88. The Labute approximate surface area is 123 Å². The molecule has 0 aromatic carbocycles. The van der Waals surface area contributed by atoms with Gasteiger partial charge < -0.3 is 19.7 Å². The molecule has 1 atom stereocenters. The number of nitrogens with zero attached hydrogens (tertiary/aromatic N) is 2. The number of hydrogen-bond donors (Lipinski definition) is 2. The molecule has 2 N–H and O–H groups in total. The molecule has 6 nitrogen and oxygen atoms in total. The fourth-order valence-corrected chi connectivity index (χ4v) is 2.15. The standard InChI is InChI=1S/C15H19N3O3/c19-5-1-2-12-7-15(21-18-12)11-6-14(9-16-8-11)20-10-13-3-4-17-13/h6-9,13,17,19H,1-5,10H2. The van der Waals surface area contributed by atoms with Crippen molar-refractivity contribution in [1.82, 2.24) is 15.5 Å². The van der Waals surface area contributed by atoms with Gasteiger partial charge in [0.2, 0.25) is 0 Å². The zero-order valence-electron chi connectivity index (χ0n) is 11.8. The maximum atomic E-state index is 8.83. The molecule has 21 heavy (non-hydrogen) atoms. The van der Waals surface area contributed by atoms with Gasteiger partial charge in [0.25, 0.3) is 0 Å². The van der Waals surface area contributed by atoms with Crippen molar-refractivity contribution in [3.63, 3.8) is 0 Å². The fraction of sp³-hybridized carbons (Fsp3) is 0.467. The van der Waals surface area contributed by atoms with Crippen molar-refractivity contribution in [2.45, 2.75) is 25.3 Å². The van der Waals surface area contributed by atoms with Gasteiger partial charge in [0.15, 0.2) is 5.76 Å². The second-order valence-electron chi connectivity index (χ2n) is 5.17. The van der Waals surface area contributed by atoms with E-state index in [9.17, 15) is 0 Å². The van der Waals surface area contributed by atoms with Crippen LogP contribution in [0.15, 0.2) is 29.0 Å². The summed E-state index contributed by atoms with van der Waals surface area (Å²) in [7, 11) is 0. The van der Waals surface area contributed by atoms with Crippen LogP contribution in [-0.4, -0.2) is 41.0 Å². The summed E-state index contributed by atoms with van der Waals surface area (Å²) in [4.78, 5) is 4.18. The van der Waals surface area contributed by atoms with Crippen LogP contribution in [0.25, 0.3) is 11.3 Å². The molecular formula is C15H19N3O3. The number of ether oxygens (including phenoxy) is 1. The second-order valence-corrected chi connectivity index (χ2v) is 5.17. The lowest BCUT2D eigenvalue weighted by atomic mass is 10.1. The molecule has 0 aliphatic carbocycles. The Kier molecular flexibility index (Phi) is 4.47. The van der Waals surface area contributed by atoms with Crippen molar-refractivity contribution >= 4 is 0 Å². The maximum absolute atomic E-state index is 8.83. The lowest BCUT2D eigenvalue weighted by molar-refractivity contribution is 0.217. The summed E-state index contributed by atoms with van der Waals surface area (Å²) >= 11 is 0. The van der Waals surface area contributed by atoms with Crippen LogP contribution in [0.1, 0.15) is 18.5 Å². The minimum absolute atomic E-state index is 0.155. The van der Waals surface area contributed by atoms with Crippen LogP contribution in [0.4, 0.5) is 0 Å². The predicted octanol–water partition coefficient (Wildman–Crippen LogP) is 1.40. The maximum Gasteiger partial charge on any atom is 0.168 e. The van der Waals surface area contributed by atoms with Gasteiger partial charge in [-0.3, -0.25) is 4.98 Å². The Morgan fingerprint density at radius 2 is 2.29 bits per heavy atom. The Bertz CT molecular complexity index is 581. The Hall–Kier alpha value is -1.92. The van der Waals surface area contributed by atoms with Crippen molar-refractivity contribution in [2.24, 2.45) is 0 Å². The lowest BCUT2D eigenvalue weighted by Crippen LogP contribution is -2.46. The molecule has 2 aromatic rings. The summed E-state index contributed by atoms with van der Waals surface area (Å²) in [5, 5.41) is 16.1.